The second-order valence-electron chi connectivity index (χ2n) is 6.10. The minimum Gasteiger partial charge on any atom is -0.354 e. The van der Waals surface area contributed by atoms with Crippen molar-refractivity contribution in [2.24, 2.45) is 5.92 Å². The molecule has 1 fully saturated rings. The molecule has 1 aromatic heterocycles. The maximum Gasteiger partial charge on any atom is 0.239 e. The molecule has 1 aliphatic carbocycles. The van der Waals surface area contributed by atoms with Crippen LogP contribution in [0.5, 0.6) is 0 Å². The van der Waals surface area contributed by atoms with Crippen LogP contribution in [0.25, 0.3) is 0 Å². The van der Waals surface area contributed by atoms with E-state index in [4.69, 9.17) is 0 Å². The second kappa shape index (κ2) is 7.36. The highest BCUT2D eigenvalue weighted by Gasteiger charge is 2.20. The SMILES string of the molecule is CC(C)CNC(=O)CN(C)c1ncc(CNC2CC2)cn1. The summed E-state index contributed by atoms with van der Waals surface area (Å²) < 4.78 is 0. The summed E-state index contributed by atoms with van der Waals surface area (Å²) in [6, 6.07) is 0.678. The van der Waals surface area contributed by atoms with E-state index in [0.717, 1.165) is 12.1 Å². The summed E-state index contributed by atoms with van der Waals surface area (Å²) in [4.78, 5) is 22.2. The molecule has 2 N–H and O–H groups in total. The summed E-state index contributed by atoms with van der Waals surface area (Å²) in [6.45, 7) is 5.91. The van der Waals surface area contributed by atoms with Crippen molar-refractivity contribution in [1.82, 2.24) is 20.6 Å². The third-order valence-corrected chi connectivity index (χ3v) is 3.29. The summed E-state index contributed by atoms with van der Waals surface area (Å²) in [6.07, 6.45) is 6.18. The number of nitrogens with zero attached hydrogens (tertiary/aromatic N) is 3. The second-order valence-corrected chi connectivity index (χ2v) is 6.10. The predicted molar refractivity (Wildman–Crippen MR) is 83.0 cm³/mol. The largest absolute Gasteiger partial charge is 0.354 e. The third-order valence-electron chi connectivity index (χ3n) is 3.29. The van der Waals surface area contributed by atoms with Gasteiger partial charge in [0.25, 0.3) is 0 Å². The number of carbonyl (C=O) groups is 1. The molecule has 116 valence electrons. The number of carbonyl (C=O) groups excluding carboxylic acids is 1. The molecule has 0 aromatic carbocycles. The fourth-order valence-corrected chi connectivity index (χ4v) is 1.85. The van der Waals surface area contributed by atoms with E-state index in [-0.39, 0.29) is 12.5 Å². The lowest BCUT2D eigenvalue weighted by atomic mass is 10.2. The molecule has 0 radical (unpaired) electrons. The Labute approximate surface area is 126 Å². The highest BCUT2D eigenvalue weighted by molar-refractivity contribution is 5.80. The number of hydrogen-bond acceptors (Lipinski definition) is 5. The molecule has 0 bridgehead atoms. The molecule has 2 rings (SSSR count). The Morgan fingerprint density at radius 2 is 2.05 bits per heavy atom. The molecular weight excluding hydrogens is 266 g/mol. The van der Waals surface area contributed by atoms with Crippen LogP contribution in [-0.4, -0.2) is 42.1 Å². The summed E-state index contributed by atoms with van der Waals surface area (Å²) in [5.41, 5.74) is 1.07. The van der Waals surface area contributed by atoms with E-state index in [1.807, 2.05) is 19.4 Å². The molecule has 0 unspecified atom stereocenters. The molecule has 0 aliphatic heterocycles. The zero-order valence-electron chi connectivity index (χ0n) is 13.1. The number of aromatic nitrogens is 2. The van der Waals surface area contributed by atoms with E-state index in [9.17, 15) is 4.79 Å². The zero-order chi connectivity index (χ0) is 15.2. The lowest BCUT2D eigenvalue weighted by Gasteiger charge is -2.17. The molecule has 0 atom stereocenters. The van der Waals surface area contributed by atoms with Gasteiger partial charge in [-0.1, -0.05) is 13.8 Å². The number of rotatable bonds is 8. The maximum atomic E-state index is 11.8. The van der Waals surface area contributed by atoms with Crippen LogP contribution >= 0.6 is 0 Å². The number of nitrogens with one attached hydrogen (secondary N) is 2. The molecule has 6 heteroatoms. The molecule has 1 aliphatic rings. The van der Waals surface area contributed by atoms with Gasteiger partial charge in [0.05, 0.1) is 6.54 Å². The van der Waals surface area contributed by atoms with Gasteiger partial charge in [-0.3, -0.25) is 4.79 Å². The van der Waals surface area contributed by atoms with Crippen molar-refractivity contribution in [3.63, 3.8) is 0 Å². The van der Waals surface area contributed by atoms with Crippen LogP contribution in [0.4, 0.5) is 5.95 Å². The van der Waals surface area contributed by atoms with Crippen LogP contribution < -0.4 is 15.5 Å². The van der Waals surface area contributed by atoms with E-state index in [1.54, 1.807) is 4.90 Å². The first-order valence-electron chi connectivity index (χ1n) is 7.56. The number of likely N-dealkylation sites (N-methyl/N-ethyl adjacent to an activating group) is 1. The summed E-state index contributed by atoms with van der Waals surface area (Å²) in [7, 11) is 1.83. The molecule has 1 heterocycles. The zero-order valence-corrected chi connectivity index (χ0v) is 13.1. The lowest BCUT2D eigenvalue weighted by Crippen LogP contribution is -2.37. The van der Waals surface area contributed by atoms with Crippen LogP contribution in [0.3, 0.4) is 0 Å². The van der Waals surface area contributed by atoms with Crippen LogP contribution in [-0.2, 0) is 11.3 Å². The topological polar surface area (TPSA) is 70.2 Å². The van der Waals surface area contributed by atoms with Crippen molar-refractivity contribution < 1.29 is 4.79 Å². The highest BCUT2D eigenvalue weighted by atomic mass is 16.2. The first kappa shape index (κ1) is 15.7. The Bertz CT molecular complexity index is 456. The Kier molecular flexibility index (Phi) is 5.50. The van der Waals surface area contributed by atoms with Gasteiger partial charge in [-0.15, -0.1) is 0 Å². The van der Waals surface area contributed by atoms with Crippen molar-refractivity contribution >= 4 is 11.9 Å². The van der Waals surface area contributed by atoms with Crippen LogP contribution in [0, 0.1) is 5.92 Å². The van der Waals surface area contributed by atoms with Crippen molar-refractivity contribution in [3.8, 4) is 0 Å². The van der Waals surface area contributed by atoms with Crippen molar-refractivity contribution in [2.45, 2.75) is 39.3 Å². The van der Waals surface area contributed by atoms with E-state index in [1.165, 1.54) is 12.8 Å². The average molecular weight is 291 g/mol. The van der Waals surface area contributed by atoms with Gasteiger partial charge in [-0.2, -0.15) is 0 Å². The smallest absolute Gasteiger partial charge is 0.239 e. The lowest BCUT2D eigenvalue weighted by molar-refractivity contribution is -0.119. The van der Waals surface area contributed by atoms with Gasteiger partial charge in [0, 0.05) is 44.1 Å². The summed E-state index contributed by atoms with van der Waals surface area (Å²) >= 11 is 0. The fourth-order valence-electron chi connectivity index (χ4n) is 1.85. The van der Waals surface area contributed by atoms with E-state index >= 15 is 0 Å². The monoisotopic (exact) mass is 291 g/mol. The van der Waals surface area contributed by atoms with Gasteiger partial charge < -0.3 is 15.5 Å². The summed E-state index contributed by atoms with van der Waals surface area (Å²) in [5.74, 6) is 1.02. The molecular formula is C15H25N5O. The quantitative estimate of drug-likeness (QED) is 0.746. The number of hydrogen-bond donors (Lipinski definition) is 2. The van der Waals surface area contributed by atoms with Crippen molar-refractivity contribution in [1.29, 1.82) is 0 Å². The molecule has 21 heavy (non-hydrogen) atoms. The third kappa shape index (κ3) is 5.67. The van der Waals surface area contributed by atoms with Crippen LogP contribution in [0.15, 0.2) is 12.4 Å². The molecule has 1 saturated carbocycles. The highest BCUT2D eigenvalue weighted by Crippen LogP contribution is 2.19. The summed E-state index contributed by atoms with van der Waals surface area (Å²) in [5, 5.41) is 6.31. The number of amides is 1. The molecule has 1 aromatic rings. The van der Waals surface area contributed by atoms with Gasteiger partial charge in [-0.05, 0) is 18.8 Å². The van der Waals surface area contributed by atoms with E-state index in [0.29, 0.717) is 24.5 Å². The van der Waals surface area contributed by atoms with E-state index < -0.39 is 0 Å². The molecule has 0 saturated heterocycles. The first-order chi connectivity index (χ1) is 10.0. The standard InChI is InChI=1S/C15H25N5O/c1-11(2)6-17-14(21)10-20(3)15-18-8-12(9-19-15)7-16-13-4-5-13/h8-9,11,13,16H,4-7,10H2,1-3H3,(H,17,21). The van der Waals surface area contributed by atoms with Crippen LogP contribution in [0.2, 0.25) is 0 Å². The van der Waals surface area contributed by atoms with Crippen molar-refractivity contribution in [2.75, 3.05) is 25.0 Å². The Hall–Kier alpha value is -1.69. The fraction of sp³-hybridized carbons (Fsp3) is 0.667. The molecule has 6 nitrogen and oxygen atoms in total. The first-order valence-corrected chi connectivity index (χ1v) is 7.56. The van der Waals surface area contributed by atoms with Gasteiger partial charge in [-0.25, -0.2) is 9.97 Å². The Morgan fingerprint density at radius 3 is 2.62 bits per heavy atom. The van der Waals surface area contributed by atoms with Gasteiger partial charge in [0.2, 0.25) is 11.9 Å². The predicted octanol–water partition coefficient (Wildman–Crippen LogP) is 0.937. The molecule has 0 spiro atoms. The van der Waals surface area contributed by atoms with Crippen LogP contribution in [0.1, 0.15) is 32.3 Å². The normalized spacial score (nSPS) is 14.3. The van der Waals surface area contributed by atoms with Gasteiger partial charge in [0.1, 0.15) is 0 Å². The minimum absolute atomic E-state index is 0.00530. The van der Waals surface area contributed by atoms with E-state index in [2.05, 4.69) is 34.4 Å². The van der Waals surface area contributed by atoms with Crippen molar-refractivity contribution in [3.05, 3.63) is 18.0 Å². The molecule has 1 amide bonds. The minimum atomic E-state index is -0.00530. The Balaban J connectivity index is 1.78. The average Bonchev–Trinajstić information content (AvgIpc) is 3.27. The van der Waals surface area contributed by atoms with Gasteiger partial charge in [0.15, 0.2) is 0 Å². The maximum absolute atomic E-state index is 11.8. The Morgan fingerprint density at radius 1 is 1.38 bits per heavy atom. The van der Waals surface area contributed by atoms with Gasteiger partial charge >= 0.3 is 0 Å². The number of anilines is 1.